The smallest absolute Gasteiger partial charge is 0.197 e. The second kappa shape index (κ2) is 7.61. The van der Waals surface area contributed by atoms with Crippen LogP contribution in [0, 0.1) is 0 Å². The number of para-hydroxylation sites is 1. The van der Waals surface area contributed by atoms with Crippen LogP contribution in [-0.2, 0) is 15.4 Å². The fourth-order valence-electron chi connectivity index (χ4n) is 2.62. The number of pyridine rings is 1. The Kier molecular flexibility index (Phi) is 5.50. The van der Waals surface area contributed by atoms with Gasteiger partial charge in [-0.3, -0.25) is 4.79 Å². The van der Waals surface area contributed by atoms with Crippen molar-refractivity contribution in [1.82, 2.24) is 4.57 Å². The standard InChI is InChI=1S/C18H19NO3S2/c1-4-21-23-16-10-13-15(11-17(16)24-22-5-2)19(3)14-9-7-6-8-12(14)18(13)20/h6-11H,4-5H2,1-3H3. The van der Waals surface area contributed by atoms with E-state index in [-0.39, 0.29) is 5.43 Å². The summed E-state index contributed by atoms with van der Waals surface area (Å²) in [5.74, 6) is 0. The van der Waals surface area contributed by atoms with Crippen LogP contribution in [0.25, 0.3) is 21.8 Å². The van der Waals surface area contributed by atoms with Crippen LogP contribution in [0.4, 0.5) is 0 Å². The number of rotatable bonds is 6. The molecule has 24 heavy (non-hydrogen) atoms. The lowest BCUT2D eigenvalue weighted by atomic mass is 10.1. The molecule has 0 radical (unpaired) electrons. The Hall–Kier alpha value is -1.47. The lowest BCUT2D eigenvalue weighted by molar-refractivity contribution is 0.397. The Morgan fingerprint density at radius 2 is 1.54 bits per heavy atom. The second-order valence-electron chi connectivity index (χ2n) is 5.20. The highest BCUT2D eigenvalue weighted by Gasteiger charge is 2.14. The lowest BCUT2D eigenvalue weighted by Gasteiger charge is -2.14. The van der Waals surface area contributed by atoms with Crippen molar-refractivity contribution >= 4 is 45.9 Å². The zero-order valence-electron chi connectivity index (χ0n) is 13.9. The van der Waals surface area contributed by atoms with E-state index in [1.54, 1.807) is 0 Å². The van der Waals surface area contributed by atoms with E-state index in [1.165, 1.54) is 24.1 Å². The van der Waals surface area contributed by atoms with Gasteiger partial charge in [-0.1, -0.05) is 12.1 Å². The minimum Gasteiger partial charge on any atom is -0.343 e. The minimum absolute atomic E-state index is 0.0463. The average molecular weight is 361 g/mol. The van der Waals surface area contributed by atoms with E-state index < -0.39 is 0 Å². The predicted molar refractivity (Wildman–Crippen MR) is 102 cm³/mol. The average Bonchev–Trinajstić information content (AvgIpc) is 2.62. The van der Waals surface area contributed by atoms with Crippen molar-refractivity contribution in [2.24, 2.45) is 7.05 Å². The summed E-state index contributed by atoms with van der Waals surface area (Å²) in [7, 11) is 1.98. The van der Waals surface area contributed by atoms with Gasteiger partial charge in [0, 0.05) is 41.9 Å². The first kappa shape index (κ1) is 17.4. The molecule has 6 heteroatoms. The molecule has 0 saturated carbocycles. The predicted octanol–water partition coefficient (Wildman–Crippen LogP) is 4.78. The van der Waals surface area contributed by atoms with Gasteiger partial charge in [-0.25, -0.2) is 0 Å². The van der Waals surface area contributed by atoms with Crippen LogP contribution >= 0.6 is 24.1 Å². The van der Waals surface area contributed by atoms with Crippen molar-refractivity contribution in [3.05, 3.63) is 46.6 Å². The fraction of sp³-hybridized carbons (Fsp3) is 0.278. The molecule has 3 aromatic rings. The number of aryl methyl sites for hydroxylation is 1. The summed E-state index contributed by atoms with van der Waals surface area (Å²) < 4.78 is 13.0. The topological polar surface area (TPSA) is 40.5 Å². The third kappa shape index (κ3) is 3.19. The van der Waals surface area contributed by atoms with Crippen LogP contribution in [-0.4, -0.2) is 17.8 Å². The largest absolute Gasteiger partial charge is 0.343 e. The van der Waals surface area contributed by atoms with Gasteiger partial charge in [-0.15, -0.1) is 0 Å². The van der Waals surface area contributed by atoms with Crippen LogP contribution in [0.1, 0.15) is 13.8 Å². The number of fused-ring (bicyclic) bond motifs is 2. The molecular formula is C18H19NO3S2. The van der Waals surface area contributed by atoms with E-state index in [1.807, 2.05) is 57.3 Å². The molecule has 0 aliphatic rings. The molecule has 126 valence electrons. The van der Waals surface area contributed by atoms with Gasteiger partial charge >= 0.3 is 0 Å². The van der Waals surface area contributed by atoms with Crippen molar-refractivity contribution in [2.45, 2.75) is 23.6 Å². The van der Waals surface area contributed by atoms with Gasteiger partial charge in [0.25, 0.3) is 0 Å². The Morgan fingerprint density at radius 3 is 2.21 bits per heavy atom. The number of benzene rings is 2. The molecule has 0 aliphatic carbocycles. The summed E-state index contributed by atoms with van der Waals surface area (Å²) in [6.07, 6.45) is 0. The van der Waals surface area contributed by atoms with Gasteiger partial charge in [-0.05, 0) is 38.1 Å². The second-order valence-corrected chi connectivity index (χ2v) is 6.89. The van der Waals surface area contributed by atoms with E-state index in [2.05, 4.69) is 4.57 Å². The highest BCUT2D eigenvalue weighted by atomic mass is 32.2. The van der Waals surface area contributed by atoms with Crippen LogP contribution < -0.4 is 5.43 Å². The molecule has 0 spiro atoms. The third-order valence-electron chi connectivity index (χ3n) is 3.71. The molecule has 0 N–H and O–H groups in total. The van der Waals surface area contributed by atoms with E-state index in [0.29, 0.717) is 18.6 Å². The monoisotopic (exact) mass is 361 g/mol. The summed E-state index contributed by atoms with van der Waals surface area (Å²) in [4.78, 5) is 14.7. The van der Waals surface area contributed by atoms with Gasteiger partial charge in [-0.2, -0.15) is 0 Å². The van der Waals surface area contributed by atoms with Gasteiger partial charge in [0.2, 0.25) is 0 Å². The van der Waals surface area contributed by atoms with Crippen molar-refractivity contribution < 1.29 is 8.37 Å². The molecule has 0 bridgehead atoms. The van der Waals surface area contributed by atoms with Crippen LogP contribution in [0.2, 0.25) is 0 Å². The van der Waals surface area contributed by atoms with E-state index >= 15 is 0 Å². The highest BCUT2D eigenvalue weighted by Crippen LogP contribution is 2.35. The molecule has 1 aromatic heterocycles. The molecule has 0 atom stereocenters. The first-order chi connectivity index (χ1) is 11.7. The summed E-state index contributed by atoms with van der Waals surface area (Å²) >= 11 is 2.60. The van der Waals surface area contributed by atoms with Crippen LogP contribution in [0.3, 0.4) is 0 Å². The SMILES string of the molecule is CCOSc1cc2c(=O)c3ccccc3n(C)c2cc1SOCC. The maximum absolute atomic E-state index is 12.9. The van der Waals surface area contributed by atoms with Crippen LogP contribution in [0.15, 0.2) is 51.0 Å². The Labute approximate surface area is 149 Å². The number of hydrogen-bond donors (Lipinski definition) is 0. The number of hydrogen-bond acceptors (Lipinski definition) is 5. The summed E-state index contributed by atoms with van der Waals surface area (Å²) in [6.45, 7) is 5.10. The third-order valence-corrected chi connectivity index (χ3v) is 5.58. The van der Waals surface area contributed by atoms with E-state index in [4.69, 9.17) is 8.37 Å². The maximum atomic E-state index is 12.9. The van der Waals surface area contributed by atoms with Gasteiger partial charge in [0.05, 0.1) is 34.0 Å². The molecule has 0 unspecified atom stereocenters. The molecule has 3 rings (SSSR count). The Balaban J connectivity index is 2.29. The normalized spacial score (nSPS) is 11.5. The molecule has 0 saturated heterocycles. The zero-order chi connectivity index (χ0) is 17.1. The van der Waals surface area contributed by atoms with E-state index in [0.717, 1.165) is 26.2 Å². The van der Waals surface area contributed by atoms with Crippen molar-refractivity contribution in [2.75, 3.05) is 13.2 Å². The molecule has 0 aliphatic heterocycles. The summed E-state index contributed by atoms with van der Waals surface area (Å²) in [6, 6.07) is 11.6. The van der Waals surface area contributed by atoms with Crippen molar-refractivity contribution in [3.63, 3.8) is 0 Å². The minimum atomic E-state index is 0.0463. The molecule has 0 amide bonds. The number of nitrogens with zero attached hydrogens (tertiary/aromatic N) is 1. The molecular weight excluding hydrogens is 342 g/mol. The Bertz CT molecular complexity index is 937. The molecule has 4 nitrogen and oxygen atoms in total. The highest BCUT2D eigenvalue weighted by molar-refractivity contribution is 7.97. The summed E-state index contributed by atoms with van der Waals surface area (Å²) in [5, 5.41) is 1.42. The quantitative estimate of drug-likeness (QED) is 0.467. The van der Waals surface area contributed by atoms with Crippen LogP contribution in [0.5, 0.6) is 0 Å². The Morgan fingerprint density at radius 1 is 0.917 bits per heavy atom. The lowest BCUT2D eigenvalue weighted by Crippen LogP contribution is -2.09. The maximum Gasteiger partial charge on any atom is 0.197 e. The van der Waals surface area contributed by atoms with Crippen molar-refractivity contribution in [3.8, 4) is 0 Å². The van der Waals surface area contributed by atoms with Gasteiger partial charge in [0.1, 0.15) is 0 Å². The number of aromatic nitrogens is 1. The molecule has 1 heterocycles. The molecule has 0 fully saturated rings. The fourth-order valence-corrected chi connectivity index (χ4v) is 3.92. The first-order valence-corrected chi connectivity index (χ1v) is 9.30. The van der Waals surface area contributed by atoms with E-state index in [9.17, 15) is 4.79 Å². The van der Waals surface area contributed by atoms with Gasteiger partial charge in [0.15, 0.2) is 5.43 Å². The van der Waals surface area contributed by atoms with Crippen molar-refractivity contribution in [1.29, 1.82) is 0 Å². The molecule has 2 aromatic carbocycles. The van der Waals surface area contributed by atoms with Gasteiger partial charge < -0.3 is 12.9 Å². The first-order valence-electron chi connectivity index (χ1n) is 7.81. The summed E-state index contributed by atoms with van der Waals surface area (Å²) in [5.41, 5.74) is 1.86. The zero-order valence-corrected chi connectivity index (χ0v) is 15.5.